The Morgan fingerprint density at radius 3 is 2.85 bits per heavy atom. The maximum Gasteiger partial charge on any atom is 0.360 e. The summed E-state index contributed by atoms with van der Waals surface area (Å²) < 4.78 is 7.37. The van der Waals surface area contributed by atoms with Gasteiger partial charge in [-0.05, 0) is 40.9 Å². The van der Waals surface area contributed by atoms with Crippen LogP contribution in [0.3, 0.4) is 0 Å². The molecule has 0 amide bonds. The van der Waals surface area contributed by atoms with Crippen molar-refractivity contribution in [1.29, 1.82) is 0 Å². The van der Waals surface area contributed by atoms with Gasteiger partial charge in [0, 0.05) is 0 Å². The topological polar surface area (TPSA) is 69.9 Å². The van der Waals surface area contributed by atoms with E-state index in [-0.39, 0.29) is 11.6 Å². The fraction of sp³-hybridized carbons (Fsp3) is 0.385. The molecule has 0 aliphatic heterocycles. The van der Waals surface area contributed by atoms with Gasteiger partial charge in [-0.25, -0.2) is 14.5 Å². The van der Waals surface area contributed by atoms with Gasteiger partial charge in [0.1, 0.15) is 4.60 Å². The summed E-state index contributed by atoms with van der Waals surface area (Å²) in [5.74, 6) is -0.181. The van der Waals surface area contributed by atoms with Gasteiger partial charge in [0.25, 0.3) is 0 Å². The predicted octanol–water partition coefficient (Wildman–Crippen LogP) is 2.55. The Bertz CT molecular complexity index is 625. The molecule has 20 heavy (non-hydrogen) atoms. The van der Waals surface area contributed by atoms with E-state index in [1.54, 1.807) is 12.3 Å². The lowest BCUT2D eigenvalue weighted by atomic mass is 10.2. The van der Waals surface area contributed by atoms with E-state index >= 15 is 0 Å². The highest BCUT2D eigenvalue weighted by Gasteiger charge is 2.14. The molecule has 0 aliphatic rings. The first kappa shape index (κ1) is 14.6. The lowest BCUT2D eigenvalue weighted by Crippen LogP contribution is -2.10. The number of pyridine rings is 1. The van der Waals surface area contributed by atoms with Crippen LogP contribution in [0.15, 0.2) is 22.9 Å². The van der Waals surface area contributed by atoms with Crippen molar-refractivity contribution in [2.45, 2.75) is 20.8 Å². The summed E-state index contributed by atoms with van der Waals surface area (Å²) in [6, 6.07) is 3.66. The molecule has 0 unspecified atom stereocenters. The predicted molar refractivity (Wildman–Crippen MR) is 76.7 cm³/mol. The minimum atomic E-state index is -0.465. The number of carbonyl (C=O) groups excluding carboxylic acids is 1. The van der Waals surface area contributed by atoms with E-state index in [1.807, 2.05) is 26.8 Å². The van der Waals surface area contributed by atoms with Crippen molar-refractivity contribution in [2.24, 2.45) is 5.92 Å². The highest BCUT2D eigenvalue weighted by Crippen LogP contribution is 2.15. The molecular formula is C13H15BrN4O2. The second kappa shape index (κ2) is 6.13. The molecule has 0 aliphatic carbocycles. The Morgan fingerprint density at radius 2 is 2.20 bits per heavy atom. The third-order valence-corrected chi connectivity index (χ3v) is 2.96. The number of rotatable bonds is 4. The van der Waals surface area contributed by atoms with Gasteiger partial charge in [-0.3, -0.25) is 0 Å². The first-order valence-corrected chi connectivity index (χ1v) is 6.99. The lowest BCUT2D eigenvalue weighted by Gasteiger charge is -2.05. The smallest absolute Gasteiger partial charge is 0.360 e. The SMILES string of the molecule is Cc1nc(Br)ccc1-n1cc(C(=O)OCC(C)C)nn1. The molecule has 2 rings (SSSR count). The second-order valence-electron chi connectivity index (χ2n) is 4.78. The summed E-state index contributed by atoms with van der Waals surface area (Å²) in [4.78, 5) is 16.0. The van der Waals surface area contributed by atoms with E-state index in [0.717, 1.165) is 16.0 Å². The molecule has 0 saturated heterocycles. The summed E-state index contributed by atoms with van der Waals surface area (Å²) >= 11 is 3.30. The van der Waals surface area contributed by atoms with Gasteiger partial charge in [-0.15, -0.1) is 5.10 Å². The van der Waals surface area contributed by atoms with Gasteiger partial charge in [0.2, 0.25) is 0 Å². The molecule has 0 fully saturated rings. The van der Waals surface area contributed by atoms with Crippen molar-refractivity contribution in [2.75, 3.05) is 6.61 Å². The standard InChI is InChI=1S/C13H15BrN4O2/c1-8(2)7-20-13(19)10-6-18(17-16-10)11-4-5-12(14)15-9(11)3/h4-6,8H,7H2,1-3H3. The van der Waals surface area contributed by atoms with E-state index in [9.17, 15) is 4.79 Å². The maximum atomic E-state index is 11.8. The number of carbonyl (C=O) groups is 1. The number of aromatic nitrogens is 4. The average Bonchev–Trinajstić information content (AvgIpc) is 2.85. The molecule has 2 aromatic rings. The maximum absolute atomic E-state index is 11.8. The zero-order chi connectivity index (χ0) is 14.7. The first-order chi connectivity index (χ1) is 9.47. The number of nitrogens with zero attached hydrogens (tertiary/aromatic N) is 4. The second-order valence-corrected chi connectivity index (χ2v) is 5.59. The largest absolute Gasteiger partial charge is 0.461 e. The summed E-state index contributed by atoms with van der Waals surface area (Å²) in [5, 5.41) is 7.77. The van der Waals surface area contributed by atoms with Crippen molar-refractivity contribution >= 4 is 21.9 Å². The van der Waals surface area contributed by atoms with Crippen molar-refractivity contribution in [3.05, 3.63) is 34.3 Å². The molecular weight excluding hydrogens is 324 g/mol. The average molecular weight is 339 g/mol. The van der Waals surface area contributed by atoms with Gasteiger partial charge in [-0.2, -0.15) is 0 Å². The van der Waals surface area contributed by atoms with E-state index in [2.05, 4.69) is 31.2 Å². The normalized spacial score (nSPS) is 10.8. The molecule has 2 aromatic heterocycles. The number of hydrogen-bond donors (Lipinski definition) is 0. The molecule has 106 valence electrons. The minimum Gasteiger partial charge on any atom is -0.461 e. The third-order valence-electron chi connectivity index (χ3n) is 2.52. The van der Waals surface area contributed by atoms with E-state index in [1.165, 1.54) is 4.68 Å². The number of ether oxygens (including phenoxy) is 1. The van der Waals surface area contributed by atoms with Gasteiger partial charge in [-0.1, -0.05) is 19.1 Å². The zero-order valence-corrected chi connectivity index (χ0v) is 13.1. The van der Waals surface area contributed by atoms with Gasteiger partial charge >= 0.3 is 5.97 Å². The monoisotopic (exact) mass is 338 g/mol. The first-order valence-electron chi connectivity index (χ1n) is 6.20. The summed E-state index contributed by atoms with van der Waals surface area (Å²) in [5.41, 5.74) is 1.74. The van der Waals surface area contributed by atoms with Crippen LogP contribution in [-0.2, 0) is 4.74 Å². The molecule has 0 bridgehead atoms. The van der Waals surface area contributed by atoms with E-state index < -0.39 is 5.97 Å². The summed E-state index contributed by atoms with van der Waals surface area (Å²) in [6.45, 7) is 6.17. The van der Waals surface area contributed by atoms with Gasteiger partial charge < -0.3 is 4.74 Å². The lowest BCUT2D eigenvalue weighted by molar-refractivity contribution is 0.0452. The van der Waals surface area contributed by atoms with Crippen molar-refractivity contribution in [3.8, 4) is 5.69 Å². The Balaban J connectivity index is 2.18. The van der Waals surface area contributed by atoms with Crippen LogP contribution in [0.4, 0.5) is 0 Å². The van der Waals surface area contributed by atoms with Gasteiger partial charge in [0.05, 0.1) is 24.2 Å². The Labute approximate surface area is 125 Å². The molecule has 0 saturated carbocycles. The quantitative estimate of drug-likeness (QED) is 0.632. The van der Waals surface area contributed by atoms with Crippen LogP contribution < -0.4 is 0 Å². The van der Waals surface area contributed by atoms with Crippen LogP contribution in [0, 0.1) is 12.8 Å². The zero-order valence-electron chi connectivity index (χ0n) is 11.5. The van der Waals surface area contributed by atoms with Crippen LogP contribution in [-0.4, -0.2) is 32.6 Å². The molecule has 2 heterocycles. The van der Waals surface area contributed by atoms with E-state index in [4.69, 9.17) is 4.74 Å². The third kappa shape index (κ3) is 3.41. The van der Waals surface area contributed by atoms with Crippen LogP contribution in [0.5, 0.6) is 0 Å². The molecule has 0 spiro atoms. The summed E-state index contributed by atoms with van der Waals surface area (Å²) in [7, 11) is 0. The minimum absolute atomic E-state index is 0.188. The fourth-order valence-corrected chi connectivity index (χ4v) is 1.95. The van der Waals surface area contributed by atoms with Crippen molar-refractivity contribution in [3.63, 3.8) is 0 Å². The van der Waals surface area contributed by atoms with Crippen LogP contribution in [0.1, 0.15) is 30.0 Å². The molecule has 0 N–H and O–H groups in total. The van der Waals surface area contributed by atoms with Crippen molar-refractivity contribution < 1.29 is 9.53 Å². The van der Waals surface area contributed by atoms with Crippen LogP contribution >= 0.6 is 15.9 Å². The molecule has 0 aromatic carbocycles. The molecule has 0 radical (unpaired) electrons. The highest BCUT2D eigenvalue weighted by atomic mass is 79.9. The van der Waals surface area contributed by atoms with E-state index in [0.29, 0.717) is 6.61 Å². The number of hydrogen-bond acceptors (Lipinski definition) is 5. The van der Waals surface area contributed by atoms with Gasteiger partial charge in [0.15, 0.2) is 5.69 Å². The Hall–Kier alpha value is -1.76. The highest BCUT2D eigenvalue weighted by molar-refractivity contribution is 9.10. The molecule has 6 nitrogen and oxygen atoms in total. The Morgan fingerprint density at radius 1 is 1.45 bits per heavy atom. The summed E-state index contributed by atoms with van der Waals surface area (Å²) in [6.07, 6.45) is 1.54. The van der Waals surface area contributed by atoms with Crippen LogP contribution in [0.2, 0.25) is 0 Å². The molecule has 0 atom stereocenters. The number of aryl methyl sites for hydroxylation is 1. The number of halogens is 1. The Kier molecular flexibility index (Phi) is 4.49. The molecule has 7 heteroatoms. The van der Waals surface area contributed by atoms with Crippen molar-refractivity contribution in [1.82, 2.24) is 20.0 Å². The fourth-order valence-electron chi connectivity index (χ4n) is 1.56. The number of esters is 1. The van der Waals surface area contributed by atoms with Crippen LogP contribution in [0.25, 0.3) is 5.69 Å².